The first kappa shape index (κ1) is 18.5. The molecule has 0 amide bonds. The van der Waals surface area contributed by atoms with Crippen molar-refractivity contribution in [3.05, 3.63) is 40.2 Å². The van der Waals surface area contributed by atoms with Gasteiger partial charge in [0.15, 0.2) is 5.13 Å². The largest absolute Gasteiger partial charge is 0.378 e. The van der Waals surface area contributed by atoms with Crippen LogP contribution < -0.4 is 11.1 Å². The third-order valence-corrected chi connectivity index (χ3v) is 5.93. The highest BCUT2D eigenvalue weighted by atomic mass is 32.1. The van der Waals surface area contributed by atoms with E-state index in [0.717, 1.165) is 35.8 Å². The van der Waals surface area contributed by atoms with Crippen LogP contribution in [-0.4, -0.2) is 37.9 Å². The van der Waals surface area contributed by atoms with Crippen LogP contribution in [0.5, 0.6) is 0 Å². The lowest BCUT2D eigenvalue weighted by molar-refractivity contribution is -0.383. The predicted molar refractivity (Wildman–Crippen MR) is 110 cm³/mol. The molecule has 146 valence electrons. The highest BCUT2D eigenvalue weighted by Gasteiger charge is 2.22. The van der Waals surface area contributed by atoms with Crippen molar-refractivity contribution in [2.24, 2.45) is 5.92 Å². The second kappa shape index (κ2) is 7.64. The minimum atomic E-state index is -0.595. The SMILES string of the molecule is CC1CCN(Cc2ccc3nc(Nc4ncnc(N)c4[N+](=O)[O-])sc3c2)CC1. The number of nitrogens with two attached hydrogens (primary N) is 1. The number of aromatic nitrogens is 3. The molecule has 0 atom stereocenters. The van der Waals surface area contributed by atoms with Gasteiger partial charge in [0.25, 0.3) is 0 Å². The molecule has 0 saturated carbocycles. The molecule has 1 aliphatic rings. The number of hydrogen-bond acceptors (Lipinski definition) is 9. The van der Waals surface area contributed by atoms with E-state index < -0.39 is 4.92 Å². The van der Waals surface area contributed by atoms with Gasteiger partial charge in [-0.15, -0.1) is 0 Å². The molecule has 0 spiro atoms. The molecule has 1 aromatic carbocycles. The zero-order valence-electron chi connectivity index (χ0n) is 15.5. The van der Waals surface area contributed by atoms with Crippen molar-refractivity contribution in [1.29, 1.82) is 0 Å². The topological polar surface area (TPSA) is 123 Å². The van der Waals surface area contributed by atoms with Gasteiger partial charge in [-0.05, 0) is 49.5 Å². The van der Waals surface area contributed by atoms with E-state index in [9.17, 15) is 10.1 Å². The van der Waals surface area contributed by atoms with Crippen molar-refractivity contribution >= 4 is 44.0 Å². The average Bonchev–Trinajstić information content (AvgIpc) is 3.05. The fourth-order valence-electron chi connectivity index (χ4n) is 3.36. The van der Waals surface area contributed by atoms with Crippen molar-refractivity contribution in [3.8, 4) is 0 Å². The maximum Gasteiger partial charge on any atom is 0.353 e. The van der Waals surface area contributed by atoms with E-state index >= 15 is 0 Å². The highest BCUT2D eigenvalue weighted by molar-refractivity contribution is 7.22. The Morgan fingerprint density at radius 2 is 2.14 bits per heavy atom. The number of nitrogens with one attached hydrogen (secondary N) is 1. The molecule has 0 aliphatic carbocycles. The first-order chi connectivity index (χ1) is 13.5. The van der Waals surface area contributed by atoms with E-state index in [1.54, 1.807) is 0 Å². The fourth-order valence-corrected chi connectivity index (χ4v) is 4.29. The van der Waals surface area contributed by atoms with Crippen LogP contribution in [0.1, 0.15) is 25.3 Å². The zero-order chi connectivity index (χ0) is 19.7. The second-order valence-electron chi connectivity index (χ2n) is 7.12. The number of nitrogens with zero attached hydrogens (tertiary/aromatic N) is 5. The molecular formula is C18H21N7O2S. The van der Waals surface area contributed by atoms with Gasteiger partial charge in [-0.3, -0.25) is 15.0 Å². The minimum Gasteiger partial charge on any atom is -0.378 e. The Morgan fingerprint density at radius 1 is 1.36 bits per heavy atom. The van der Waals surface area contributed by atoms with Crippen LogP contribution in [0.25, 0.3) is 10.2 Å². The Bertz CT molecular complexity index is 1010. The molecule has 1 aliphatic heterocycles. The second-order valence-corrected chi connectivity index (χ2v) is 8.15. The Balaban J connectivity index is 1.54. The minimum absolute atomic E-state index is 0.0409. The Morgan fingerprint density at radius 3 is 2.89 bits per heavy atom. The number of hydrogen-bond donors (Lipinski definition) is 2. The molecule has 9 nitrogen and oxygen atoms in total. The van der Waals surface area contributed by atoms with E-state index in [-0.39, 0.29) is 17.3 Å². The molecule has 3 aromatic rings. The van der Waals surface area contributed by atoms with E-state index in [2.05, 4.69) is 44.2 Å². The highest BCUT2D eigenvalue weighted by Crippen LogP contribution is 2.33. The molecule has 0 radical (unpaired) electrons. The van der Waals surface area contributed by atoms with Gasteiger partial charge < -0.3 is 11.1 Å². The van der Waals surface area contributed by atoms with Crippen LogP contribution in [-0.2, 0) is 6.54 Å². The molecule has 10 heteroatoms. The van der Waals surface area contributed by atoms with E-state index in [0.29, 0.717) is 5.13 Å². The van der Waals surface area contributed by atoms with Crippen LogP contribution in [0.4, 0.5) is 22.5 Å². The maximum absolute atomic E-state index is 11.2. The molecule has 1 fully saturated rings. The number of thiazole rings is 1. The average molecular weight is 399 g/mol. The number of rotatable bonds is 5. The fraction of sp³-hybridized carbons (Fsp3) is 0.389. The lowest BCUT2D eigenvalue weighted by Gasteiger charge is -2.30. The molecule has 2 aromatic heterocycles. The molecule has 28 heavy (non-hydrogen) atoms. The number of nitrogen functional groups attached to an aromatic ring is 1. The lowest BCUT2D eigenvalue weighted by atomic mass is 9.99. The number of nitro groups is 1. The first-order valence-electron chi connectivity index (χ1n) is 9.13. The van der Waals surface area contributed by atoms with Gasteiger partial charge >= 0.3 is 5.69 Å². The lowest BCUT2D eigenvalue weighted by Crippen LogP contribution is -2.32. The van der Waals surface area contributed by atoms with Crippen molar-refractivity contribution in [2.45, 2.75) is 26.3 Å². The molecule has 0 unspecified atom stereocenters. The van der Waals surface area contributed by atoms with Crippen LogP contribution in [0, 0.1) is 16.0 Å². The zero-order valence-corrected chi connectivity index (χ0v) is 16.3. The molecule has 3 heterocycles. The number of benzene rings is 1. The van der Waals surface area contributed by atoms with Crippen LogP contribution in [0.3, 0.4) is 0 Å². The summed E-state index contributed by atoms with van der Waals surface area (Å²) in [5, 5.41) is 14.7. The summed E-state index contributed by atoms with van der Waals surface area (Å²) in [6.07, 6.45) is 3.69. The Hall–Kier alpha value is -2.85. The van der Waals surface area contributed by atoms with Crippen LogP contribution in [0.2, 0.25) is 0 Å². The van der Waals surface area contributed by atoms with Gasteiger partial charge in [0, 0.05) is 6.54 Å². The van der Waals surface area contributed by atoms with Gasteiger partial charge in [-0.2, -0.15) is 0 Å². The molecule has 4 rings (SSSR count). The molecule has 3 N–H and O–H groups in total. The predicted octanol–water partition coefficient (Wildman–Crippen LogP) is 3.55. The van der Waals surface area contributed by atoms with E-state index in [4.69, 9.17) is 5.73 Å². The van der Waals surface area contributed by atoms with Crippen molar-refractivity contribution in [1.82, 2.24) is 19.9 Å². The number of piperidine rings is 1. The summed E-state index contributed by atoms with van der Waals surface area (Å²) >= 11 is 1.43. The number of anilines is 3. The van der Waals surface area contributed by atoms with Gasteiger partial charge in [0.2, 0.25) is 11.6 Å². The first-order valence-corrected chi connectivity index (χ1v) is 9.95. The van der Waals surface area contributed by atoms with Crippen molar-refractivity contribution < 1.29 is 4.92 Å². The number of fused-ring (bicyclic) bond motifs is 1. The summed E-state index contributed by atoms with van der Waals surface area (Å²) in [6, 6.07) is 6.22. The third kappa shape index (κ3) is 3.87. The summed E-state index contributed by atoms with van der Waals surface area (Å²) in [7, 11) is 0. The monoisotopic (exact) mass is 399 g/mol. The van der Waals surface area contributed by atoms with Crippen LogP contribution >= 0.6 is 11.3 Å². The Kier molecular flexibility index (Phi) is 5.05. The summed E-state index contributed by atoms with van der Waals surface area (Å²) in [6.45, 7) is 5.50. The molecule has 0 bridgehead atoms. The smallest absolute Gasteiger partial charge is 0.353 e. The van der Waals surface area contributed by atoms with Crippen LogP contribution in [0.15, 0.2) is 24.5 Å². The van der Waals surface area contributed by atoms with Gasteiger partial charge in [0.1, 0.15) is 6.33 Å². The quantitative estimate of drug-likeness (QED) is 0.493. The Labute approximate surface area is 165 Å². The van der Waals surface area contributed by atoms with E-state index in [1.165, 1.54) is 36.1 Å². The van der Waals surface area contributed by atoms with E-state index in [1.807, 2.05) is 6.07 Å². The standard InChI is InChI=1S/C18H21N7O2S/c1-11-4-6-24(7-5-11)9-12-2-3-13-14(8-12)28-18(22-13)23-17-15(25(26)27)16(19)20-10-21-17/h2-3,8,10-11H,4-7,9H2,1H3,(H3,19,20,21,22,23). The van der Waals surface area contributed by atoms with Crippen molar-refractivity contribution in [3.63, 3.8) is 0 Å². The third-order valence-electron chi connectivity index (χ3n) is 4.99. The van der Waals surface area contributed by atoms with Gasteiger partial charge in [-0.1, -0.05) is 24.3 Å². The van der Waals surface area contributed by atoms with Crippen molar-refractivity contribution in [2.75, 3.05) is 24.1 Å². The summed E-state index contributed by atoms with van der Waals surface area (Å²) in [5.74, 6) is 0.676. The summed E-state index contributed by atoms with van der Waals surface area (Å²) < 4.78 is 1.02. The molecule has 1 saturated heterocycles. The summed E-state index contributed by atoms with van der Waals surface area (Å²) in [5.41, 5.74) is 7.35. The van der Waals surface area contributed by atoms with Gasteiger partial charge in [-0.25, -0.2) is 15.0 Å². The van der Waals surface area contributed by atoms with Gasteiger partial charge in [0.05, 0.1) is 15.1 Å². The summed E-state index contributed by atoms with van der Waals surface area (Å²) in [4.78, 5) is 25.3. The maximum atomic E-state index is 11.2. The molecular weight excluding hydrogens is 378 g/mol. The number of likely N-dealkylation sites (tertiary alicyclic amines) is 1. The normalized spacial score (nSPS) is 15.8.